The predicted molar refractivity (Wildman–Crippen MR) is 84.8 cm³/mol. The quantitative estimate of drug-likeness (QED) is 0.765. The van der Waals surface area contributed by atoms with E-state index in [0.29, 0.717) is 10.9 Å². The zero-order chi connectivity index (χ0) is 16.3. The molecule has 22 heavy (non-hydrogen) atoms. The number of carbonyl (C=O) groups is 1. The van der Waals surface area contributed by atoms with Gasteiger partial charge in [-0.25, -0.2) is 4.39 Å². The lowest BCUT2D eigenvalue weighted by Gasteiger charge is -2.20. The third-order valence-electron chi connectivity index (χ3n) is 3.30. The summed E-state index contributed by atoms with van der Waals surface area (Å²) in [4.78, 5) is 13.2. The van der Waals surface area contributed by atoms with Crippen LogP contribution in [0, 0.1) is 5.82 Å². The van der Waals surface area contributed by atoms with Gasteiger partial charge in [-0.15, -0.1) is 10.2 Å². The maximum atomic E-state index is 13.2. The Morgan fingerprint density at radius 2 is 1.95 bits per heavy atom. The van der Waals surface area contributed by atoms with Crippen LogP contribution in [0.3, 0.4) is 0 Å². The first-order chi connectivity index (χ1) is 10.4. The van der Waals surface area contributed by atoms with Crippen LogP contribution in [0.5, 0.6) is 0 Å². The number of hydrogen-bond acceptors (Lipinski definition) is 5. The summed E-state index contributed by atoms with van der Waals surface area (Å²) in [5.41, 5.74) is 0.779. The first-order valence-corrected chi connectivity index (χ1v) is 7.88. The van der Waals surface area contributed by atoms with Crippen LogP contribution >= 0.6 is 11.8 Å². The van der Waals surface area contributed by atoms with E-state index in [9.17, 15) is 9.18 Å². The van der Waals surface area contributed by atoms with Crippen molar-refractivity contribution in [2.24, 2.45) is 0 Å². The maximum Gasteiger partial charge on any atom is 0.196 e. The zero-order valence-corrected chi connectivity index (χ0v) is 13.9. The maximum absolute atomic E-state index is 13.2. The van der Waals surface area contributed by atoms with E-state index >= 15 is 0 Å². The van der Waals surface area contributed by atoms with Crippen LogP contribution in [0.2, 0.25) is 0 Å². The Bertz CT molecular complexity index is 654. The second kappa shape index (κ2) is 7.02. The fraction of sp³-hybridized carbons (Fsp3) is 0.400. The van der Waals surface area contributed by atoms with Gasteiger partial charge in [-0.05, 0) is 52.2 Å². The molecule has 0 aliphatic rings. The SMILES string of the molecule is CC(=O)CSc1nnc([C@@H](C)N(C)C)n1-c1ccc(F)cc1. The minimum atomic E-state index is -0.294. The summed E-state index contributed by atoms with van der Waals surface area (Å²) < 4.78 is 15.0. The van der Waals surface area contributed by atoms with E-state index < -0.39 is 0 Å². The summed E-state index contributed by atoms with van der Waals surface area (Å²) >= 11 is 1.33. The van der Waals surface area contributed by atoms with E-state index in [1.165, 1.54) is 30.8 Å². The van der Waals surface area contributed by atoms with Gasteiger partial charge in [0.25, 0.3) is 0 Å². The van der Waals surface area contributed by atoms with Crippen molar-refractivity contribution < 1.29 is 9.18 Å². The summed E-state index contributed by atoms with van der Waals surface area (Å²) in [6.45, 7) is 3.55. The molecule has 0 fully saturated rings. The number of nitrogens with zero attached hydrogens (tertiary/aromatic N) is 4. The molecule has 1 aromatic carbocycles. The van der Waals surface area contributed by atoms with Gasteiger partial charge in [0, 0.05) is 5.69 Å². The number of ketones is 1. The zero-order valence-electron chi connectivity index (χ0n) is 13.1. The fourth-order valence-corrected chi connectivity index (χ4v) is 2.63. The Morgan fingerprint density at radius 1 is 1.32 bits per heavy atom. The van der Waals surface area contributed by atoms with E-state index in [1.54, 1.807) is 12.1 Å². The van der Waals surface area contributed by atoms with Crippen molar-refractivity contribution in [3.63, 3.8) is 0 Å². The van der Waals surface area contributed by atoms with E-state index in [-0.39, 0.29) is 17.6 Å². The lowest BCUT2D eigenvalue weighted by molar-refractivity contribution is -0.114. The normalized spacial score (nSPS) is 12.6. The smallest absolute Gasteiger partial charge is 0.196 e. The van der Waals surface area contributed by atoms with Gasteiger partial charge in [0.1, 0.15) is 11.6 Å². The van der Waals surface area contributed by atoms with Crippen LogP contribution in [-0.4, -0.2) is 45.3 Å². The van der Waals surface area contributed by atoms with Gasteiger partial charge >= 0.3 is 0 Å². The van der Waals surface area contributed by atoms with Gasteiger partial charge in [-0.2, -0.15) is 0 Å². The van der Waals surface area contributed by atoms with Crippen molar-refractivity contribution in [1.29, 1.82) is 0 Å². The van der Waals surface area contributed by atoms with E-state index in [4.69, 9.17) is 0 Å². The lowest BCUT2D eigenvalue weighted by atomic mass is 10.2. The molecule has 118 valence electrons. The van der Waals surface area contributed by atoms with Crippen molar-refractivity contribution in [1.82, 2.24) is 19.7 Å². The van der Waals surface area contributed by atoms with Gasteiger partial charge in [0.15, 0.2) is 11.0 Å². The Balaban J connectivity index is 2.47. The topological polar surface area (TPSA) is 51.0 Å². The molecule has 2 aromatic rings. The predicted octanol–water partition coefficient (Wildman–Crippen LogP) is 2.71. The average molecular weight is 322 g/mol. The van der Waals surface area contributed by atoms with Crippen molar-refractivity contribution in [2.75, 3.05) is 19.8 Å². The minimum absolute atomic E-state index is 0.0317. The molecular formula is C15H19FN4OS. The molecule has 1 aromatic heterocycles. The van der Waals surface area contributed by atoms with Gasteiger partial charge in [-0.1, -0.05) is 11.8 Å². The molecule has 0 N–H and O–H groups in total. The van der Waals surface area contributed by atoms with Crippen LogP contribution in [0.1, 0.15) is 25.7 Å². The molecule has 7 heteroatoms. The Morgan fingerprint density at radius 3 is 2.50 bits per heavy atom. The molecule has 2 rings (SSSR count). The number of hydrogen-bond donors (Lipinski definition) is 0. The number of benzene rings is 1. The minimum Gasteiger partial charge on any atom is -0.300 e. The summed E-state index contributed by atoms with van der Waals surface area (Å²) in [6.07, 6.45) is 0. The van der Waals surface area contributed by atoms with Gasteiger partial charge in [0.05, 0.1) is 11.8 Å². The molecule has 0 aliphatic carbocycles. The molecule has 1 atom stereocenters. The van der Waals surface area contributed by atoms with Gasteiger partial charge < -0.3 is 0 Å². The molecule has 0 aliphatic heterocycles. The monoisotopic (exact) mass is 322 g/mol. The summed E-state index contributed by atoms with van der Waals surface area (Å²) in [7, 11) is 3.91. The van der Waals surface area contributed by atoms with Crippen LogP contribution in [0.4, 0.5) is 4.39 Å². The first kappa shape index (κ1) is 16.6. The van der Waals surface area contributed by atoms with Crippen LogP contribution in [-0.2, 0) is 4.79 Å². The third-order valence-corrected chi connectivity index (χ3v) is 4.37. The average Bonchev–Trinajstić information content (AvgIpc) is 2.88. The fourth-order valence-electron chi connectivity index (χ4n) is 1.88. The Hall–Kier alpha value is -1.73. The van der Waals surface area contributed by atoms with E-state index in [1.807, 2.05) is 30.5 Å². The summed E-state index contributed by atoms with van der Waals surface area (Å²) in [5.74, 6) is 0.857. The molecule has 0 amide bonds. The summed E-state index contributed by atoms with van der Waals surface area (Å²) in [6, 6.07) is 6.20. The molecule has 0 saturated carbocycles. The van der Waals surface area contributed by atoms with Crippen molar-refractivity contribution in [3.05, 3.63) is 35.9 Å². The van der Waals surface area contributed by atoms with Crippen LogP contribution in [0.15, 0.2) is 29.4 Å². The highest BCUT2D eigenvalue weighted by Gasteiger charge is 2.21. The van der Waals surface area contributed by atoms with Crippen LogP contribution in [0.25, 0.3) is 5.69 Å². The highest BCUT2D eigenvalue weighted by molar-refractivity contribution is 7.99. The standard InChI is InChI=1S/C15H19FN4OS/c1-10(21)9-22-15-18-17-14(11(2)19(3)4)20(15)13-7-5-12(16)6-8-13/h5-8,11H,9H2,1-4H3/t11-/m1/s1. The van der Waals surface area contributed by atoms with Gasteiger partial charge in [0.2, 0.25) is 0 Å². The first-order valence-electron chi connectivity index (χ1n) is 6.90. The number of Topliss-reactive ketones (excluding diaryl/α,β-unsaturated/α-hetero) is 1. The number of rotatable bonds is 6. The molecule has 0 spiro atoms. The lowest BCUT2D eigenvalue weighted by Crippen LogP contribution is -2.20. The largest absolute Gasteiger partial charge is 0.300 e. The Labute approximate surface area is 133 Å². The molecule has 5 nitrogen and oxygen atoms in total. The second-order valence-corrected chi connectivity index (χ2v) is 6.23. The summed E-state index contributed by atoms with van der Waals surface area (Å²) in [5, 5.41) is 9.08. The van der Waals surface area contributed by atoms with Crippen molar-refractivity contribution >= 4 is 17.5 Å². The molecule has 1 heterocycles. The molecule has 0 radical (unpaired) electrons. The molecule has 0 bridgehead atoms. The number of thioether (sulfide) groups is 1. The van der Waals surface area contributed by atoms with Crippen LogP contribution < -0.4 is 0 Å². The van der Waals surface area contributed by atoms with Crippen molar-refractivity contribution in [3.8, 4) is 5.69 Å². The third kappa shape index (κ3) is 3.72. The number of halogens is 1. The number of carbonyl (C=O) groups excluding carboxylic acids is 1. The molecular weight excluding hydrogens is 303 g/mol. The second-order valence-electron chi connectivity index (χ2n) is 5.28. The number of aromatic nitrogens is 3. The molecule has 0 saturated heterocycles. The van der Waals surface area contributed by atoms with E-state index in [0.717, 1.165) is 11.5 Å². The van der Waals surface area contributed by atoms with E-state index in [2.05, 4.69) is 10.2 Å². The highest BCUT2D eigenvalue weighted by atomic mass is 32.2. The van der Waals surface area contributed by atoms with Crippen molar-refractivity contribution in [2.45, 2.75) is 25.0 Å². The Kier molecular flexibility index (Phi) is 5.31. The highest BCUT2D eigenvalue weighted by Crippen LogP contribution is 2.26. The van der Waals surface area contributed by atoms with Gasteiger partial charge in [-0.3, -0.25) is 14.3 Å². The molecule has 0 unspecified atom stereocenters.